The lowest BCUT2D eigenvalue weighted by atomic mass is 10.0. The Morgan fingerprint density at radius 2 is 1.81 bits per heavy atom. The number of hydrogen-bond acceptors (Lipinski definition) is 2. The van der Waals surface area contributed by atoms with Crippen molar-refractivity contribution in [2.24, 2.45) is 0 Å². The Hall–Kier alpha value is -1.22. The summed E-state index contributed by atoms with van der Waals surface area (Å²) < 4.78 is 5.95. The fourth-order valence-electron chi connectivity index (χ4n) is 2.09. The Bertz CT molecular complexity index is 651. The highest BCUT2D eigenvalue weighted by Crippen LogP contribution is 2.35. The molecule has 0 aliphatic heterocycles. The van der Waals surface area contributed by atoms with Crippen LogP contribution in [0.2, 0.25) is 10.0 Å². The van der Waals surface area contributed by atoms with E-state index in [1.165, 1.54) is 0 Å². The van der Waals surface area contributed by atoms with Crippen LogP contribution in [0, 0.1) is 6.92 Å². The van der Waals surface area contributed by atoms with E-state index in [1.54, 1.807) is 18.2 Å². The highest BCUT2D eigenvalue weighted by atomic mass is 35.5. The first-order valence-corrected chi connectivity index (χ1v) is 7.55. The second kappa shape index (κ2) is 6.69. The second-order valence-electron chi connectivity index (χ2n) is 5.31. The minimum absolute atomic E-state index is 0.101. The maximum Gasteiger partial charge on any atom is 0.134 e. The molecule has 0 saturated carbocycles. The van der Waals surface area contributed by atoms with E-state index in [4.69, 9.17) is 27.9 Å². The minimum atomic E-state index is -0.101. The lowest BCUT2D eigenvalue weighted by Gasteiger charge is -2.16. The Labute approximate surface area is 135 Å². The van der Waals surface area contributed by atoms with Crippen LogP contribution in [-0.4, -0.2) is 5.11 Å². The number of aliphatic hydroxyl groups excluding tert-OH is 1. The van der Waals surface area contributed by atoms with E-state index >= 15 is 0 Å². The molecule has 21 heavy (non-hydrogen) atoms. The van der Waals surface area contributed by atoms with Gasteiger partial charge in [-0.2, -0.15) is 0 Å². The van der Waals surface area contributed by atoms with Crippen LogP contribution in [0.3, 0.4) is 0 Å². The zero-order valence-electron chi connectivity index (χ0n) is 12.3. The van der Waals surface area contributed by atoms with E-state index in [2.05, 4.69) is 13.8 Å². The molecule has 4 heteroatoms. The molecule has 2 nitrogen and oxygen atoms in total. The number of ether oxygens (including phenoxy) is 1. The predicted octanol–water partition coefficient (Wildman–Crippen LogP) is 5.71. The van der Waals surface area contributed by atoms with Crippen molar-refractivity contribution in [3.63, 3.8) is 0 Å². The van der Waals surface area contributed by atoms with Crippen molar-refractivity contribution in [3.05, 3.63) is 57.1 Å². The lowest BCUT2D eigenvalue weighted by molar-refractivity contribution is 0.276. The van der Waals surface area contributed by atoms with E-state index in [9.17, 15) is 5.11 Å². The SMILES string of the molecule is Cc1cc(Cl)c(C(C)C)cc1Oc1cc(Cl)ccc1CO. The standard InChI is InChI=1S/C17H18Cl2O2/c1-10(2)14-8-16(11(3)6-15(14)19)21-17-7-13(18)5-4-12(17)9-20/h4-8,10,20H,9H2,1-3H3. The second-order valence-corrected chi connectivity index (χ2v) is 6.15. The zero-order chi connectivity index (χ0) is 15.6. The molecular formula is C17H18Cl2O2. The lowest BCUT2D eigenvalue weighted by Crippen LogP contribution is -1.96. The number of rotatable bonds is 4. The normalized spacial score (nSPS) is 11.0. The van der Waals surface area contributed by atoms with Crippen molar-refractivity contribution in [1.82, 2.24) is 0 Å². The van der Waals surface area contributed by atoms with Gasteiger partial charge in [-0.3, -0.25) is 0 Å². The first-order valence-electron chi connectivity index (χ1n) is 6.79. The van der Waals surface area contributed by atoms with Gasteiger partial charge in [0.05, 0.1) is 6.61 Å². The summed E-state index contributed by atoms with van der Waals surface area (Å²) in [5.74, 6) is 1.59. The summed E-state index contributed by atoms with van der Waals surface area (Å²) in [5, 5.41) is 10.7. The number of aryl methyl sites for hydroxylation is 1. The van der Waals surface area contributed by atoms with Gasteiger partial charge in [0.15, 0.2) is 0 Å². The van der Waals surface area contributed by atoms with Gasteiger partial charge in [-0.15, -0.1) is 0 Å². The molecule has 0 unspecified atom stereocenters. The van der Waals surface area contributed by atoms with Crippen molar-refractivity contribution in [2.45, 2.75) is 33.3 Å². The third kappa shape index (κ3) is 3.70. The summed E-state index contributed by atoms with van der Waals surface area (Å²) in [7, 11) is 0. The van der Waals surface area contributed by atoms with Crippen molar-refractivity contribution in [3.8, 4) is 11.5 Å². The molecule has 0 radical (unpaired) electrons. The highest BCUT2D eigenvalue weighted by Gasteiger charge is 2.12. The van der Waals surface area contributed by atoms with E-state index < -0.39 is 0 Å². The molecule has 0 bridgehead atoms. The van der Waals surface area contributed by atoms with Crippen molar-refractivity contribution in [1.29, 1.82) is 0 Å². The summed E-state index contributed by atoms with van der Waals surface area (Å²) in [6.45, 7) is 6.00. The molecule has 0 saturated heterocycles. The highest BCUT2D eigenvalue weighted by molar-refractivity contribution is 6.31. The van der Waals surface area contributed by atoms with Gasteiger partial charge in [-0.1, -0.05) is 43.1 Å². The monoisotopic (exact) mass is 324 g/mol. The summed E-state index contributed by atoms with van der Waals surface area (Å²) >= 11 is 12.3. The molecular weight excluding hydrogens is 307 g/mol. The molecule has 0 amide bonds. The van der Waals surface area contributed by atoms with Crippen LogP contribution in [0.1, 0.15) is 36.5 Å². The molecule has 0 spiro atoms. The van der Waals surface area contributed by atoms with Crippen LogP contribution in [-0.2, 0) is 6.61 Å². The number of aliphatic hydroxyl groups is 1. The predicted molar refractivity (Wildman–Crippen MR) is 87.7 cm³/mol. The minimum Gasteiger partial charge on any atom is -0.457 e. The van der Waals surface area contributed by atoms with Crippen molar-refractivity contribution < 1.29 is 9.84 Å². The average molecular weight is 325 g/mol. The van der Waals surface area contributed by atoms with Crippen molar-refractivity contribution >= 4 is 23.2 Å². The number of benzene rings is 2. The molecule has 2 rings (SSSR count). The Morgan fingerprint density at radius 1 is 1.10 bits per heavy atom. The maximum absolute atomic E-state index is 9.40. The van der Waals surface area contributed by atoms with Gasteiger partial charge in [0.2, 0.25) is 0 Å². The Morgan fingerprint density at radius 3 is 2.43 bits per heavy atom. The van der Waals surface area contributed by atoms with Gasteiger partial charge in [0.25, 0.3) is 0 Å². The van der Waals surface area contributed by atoms with Crippen LogP contribution in [0.4, 0.5) is 0 Å². The van der Waals surface area contributed by atoms with Crippen LogP contribution in [0.5, 0.6) is 11.5 Å². The first kappa shape index (κ1) is 16.2. The summed E-state index contributed by atoms with van der Waals surface area (Å²) in [6.07, 6.45) is 0. The molecule has 0 heterocycles. The first-order chi connectivity index (χ1) is 9.92. The van der Waals surface area contributed by atoms with Gasteiger partial charge in [-0.25, -0.2) is 0 Å². The molecule has 0 aliphatic carbocycles. The van der Waals surface area contributed by atoms with Gasteiger partial charge < -0.3 is 9.84 Å². The molecule has 2 aromatic carbocycles. The average Bonchev–Trinajstić information content (AvgIpc) is 2.41. The van der Waals surface area contributed by atoms with Gasteiger partial charge in [0.1, 0.15) is 11.5 Å². The summed E-state index contributed by atoms with van der Waals surface area (Å²) in [4.78, 5) is 0. The quantitative estimate of drug-likeness (QED) is 0.780. The fourth-order valence-corrected chi connectivity index (χ4v) is 2.69. The Balaban J connectivity index is 2.44. The third-order valence-electron chi connectivity index (χ3n) is 3.34. The summed E-state index contributed by atoms with van der Waals surface area (Å²) in [5.41, 5.74) is 2.66. The van der Waals surface area contributed by atoms with E-state index in [0.717, 1.165) is 21.9 Å². The summed E-state index contributed by atoms with van der Waals surface area (Å²) in [6, 6.07) is 9.04. The van der Waals surface area contributed by atoms with Crippen molar-refractivity contribution in [2.75, 3.05) is 0 Å². The van der Waals surface area contributed by atoms with Crippen LogP contribution >= 0.6 is 23.2 Å². The molecule has 0 aromatic heterocycles. The molecule has 112 valence electrons. The zero-order valence-corrected chi connectivity index (χ0v) is 13.8. The van der Waals surface area contributed by atoms with Gasteiger partial charge in [-0.05, 0) is 48.2 Å². The van der Waals surface area contributed by atoms with Crippen LogP contribution in [0.15, 0.2) is 30.3 Å². The Kier molecular flexibility index (Phi) is 5.15. The smallest absolute Gasteiger partial charge is 0.134 e. The van der Waals surface area contributed by atoms with E-state index in [0.29, 0.717) is 22.3 Å². The fraction of sp³-hybridized carbons (Fsp3) is 0.294. The van der Waals surface area contributed by atoms with Crippen LogP contribution in [0.25, 0.3) is 0 Å². The van der Waals surface area contributed by atoms with Crippen LogP contribution < -0.4 is 4.74 Å². The van der Waals surface area contributed by atoms with Gasteiger partial charge >= 0.3 is 0 Å². The molecule has 0 atom stereocenters. The molecule has 1 N–H and O–H groups in total. The maximum atomic E-state index is 9.40. The number of halogens is 2. The molecule has 0 aliphatic rings. The largest absolute Gasteiger partial charge is 0.457 e. The van der Waals surface area contributed by atoms with E-state index in [-0.39, 0.29) is 6.61 Å². The van der Waals surface area contributed by atoms with Gasteiger partial charge in [0, 0.05) is 15.6 Å². The van der Waals surface area contributed by atoms with E-state index in [1.807, 2.05) is 19.1 Å². The third-order valence-corrected chi connectivity index (χ3v) is 3.90. The molecule has 2 aromatic rings. The topological polar surface area (TPSA) is 29.5 Å². The number of hydrogen-bond donors (Lipinski definition) is 1. The molecule has 0 fully saturated rings.